The second-order valence-corrected chi connectivity index (χ2v) is 21.0. The van der Waals surface area contributed by atoms with Gasteiger partial charge in [-0.05, 0) is 85.6 Å². The number of fused-ring (bicyclic) bond motifs is 6. The smallest absolute Gasteiger partial charge is 0.135 e. The molecule has 2 heterocycles. The van der Waals surface area contributed by atoms with E-state index in [9.17, 15) is 0 Å². The van der Waals surface area contributed by atoms with Gasteiger partial charge in [-0.3, -0.25) is 7.05 Å². The molecule has 5 nitrogen and oxygen atoms in total. The molecule has 11 aromatic rings. The van der Waals surface area contributed by atoms with Crippen LogP contribution in [0.25, 0.3) is 49.9 Å². The van der Waals surface area contributed by atoms with Crippen molar-refractivity contribution in [1.82, 2.24) is 9.55 Å². The van der Waals surface area contributed by atoms with E-state index in [0.29, 0.717) is 11.5 Å². The maximum absolute atomic E-state index is 7.08. The Bertz CT molecular complexity index is 3860. The van der Waals surface area contributed by atoms with Crippen LogP contribution in [0.4, 0.5) is 22.7 Å². The molecule has 9 aromatic carbocycles. The maximum Gasteiger partial charge on any atom is 0.135 e. The number of nitrogens with one attached hydrogen (secondary N) is 1. The second kappa shape index (κ2) is 17.9. The van der Waals surface area contributed by atoms with Crippen LogP contribution in [0.3, 0.4) is 0 Å². The number of para-hydroxylation sites is 3. The first-order chi connectivity index (χ1) is 35.5. The van der Waals surface area contributed by atoms with Crippen LogP contribution < -0.4 is 15.0 Å². The van der Waals surface area contributed by atoms with Gasteiger partial charge in [-0.1, -0.05) is 203 Å². The monoisotopic (exact) mass is 1140 g/mol. The summed E-state index contributed by atoms with van der Waals surface area (Å²) in [6.45, 7) is 11.5. The summed E-state index contributed by atoms with van der Waals surface area (Å²) in [7, 11) is 4.75. The minimum Gasteiger partial charge on any atom is -0.509 e. The molecule has 2 aliphatic carbocycles. The topological polar surface area (TPSA) is 42.3 Å². The molecule has 0 bridgehead atoms. The number of hydrogen-bond donors (Lipinski definition) is 1. The fraction of sp³-hybridized carbons (Fsp3) is 0.118. The van der Waals surface area contributed by atoms with Crippen LogP contribution in [0.1, 0.15) is 73.6 Å². The normalized spacial score (nSPS) is 13.6. The average molecular weight is 1140 g/mol. The van der Waals surface area contributed by atoms with Crippen molar-refractivity contribution in [2.24, 2.45) is 0 Å². The van der Waals surface area contributed by atoms with Gasteiger partial charge in [0.1, 0.15) is 5.82 Å². The van der Waals surface area contributed by atoms with Crippen molar-refractivity contribution in [3.8, 4) is 39.6 Å². The van der Waals surface area contributed by atoms with Crippen molar-refractivity contribution in [3.63, 3.8) is 0 Å². The molecule has 0 radical (unpaired) electrons. The number of benzene rings is 9. The molecule has 6 heteroatoms. The third kappa shape index (κ3) is 7.27. The van der Waals surface area contributed by atoms with E-state index in [-0.39, 0.29) is 31.9 Å². The van der Waals surface area contributed by atoms with Gasteiger partial charge in [0.05, 0.1) is 5.69 Å². The Kier molecular flexibility index (Phi) is 11.4. The first-order valence-electron chi connectivity index (χ1n) is 25.1. The van der Waals surface area contributed by atoms with Gasteiger partial charge in [0.25, 0.3) is 0 Å². The Morgan fingerprint density at radius 2 is 1.15 bits per heavy atom. The van der Waals surface area contributed by atoms with Crippen LogP contribution in [0.2, 0.25) is 0 Å². The maximum atomic E-state index is 7.08. The van der Waals surface area contributed by atoms with Crippen molar-refractivity contribution in [3.05, 3.63) is 271 Å². The van der Waals surface area contributed by atoms with Crippen molar-refractivity contribution in [2.45, 2.75) is 50.9 Å². The number of aromatic nitrogens is 2. The summed E-state index contributed by atoms with van der Waals surface area (Å²) in [4.78, 5) is 7.11. The third-order valence-electron chi connectivity index (χ3n) is 15.4. The molecular formula is C68H53N4OPt-3. The van der Waals surface area contributed by atoms with E-state index in [2.05, 4.69) is 244 Å². The number of nitrogens with zero attached hydrogens (tertiary/aromatic N) is 3. The van der Waals surface area contributed by atoms with Gasteiger partial charge in [0.15, 0.2) is 0 Å². The number of ether oxygens (including phenoxy) is 1. The van der Waals surface area contributed by atoms with Gasteiger partial charge in [0, 0.05) is 77.6 Å². The van der Waals surface area contributed by atoms with E-state index in [0.717, 1.165) is 61.9 Å². The first kappa shape index (κ1) is 47.0. The second-order valence-electron chi connectivity index (χ2n) is 21.0. The fourth-order valence-electron chi connectivity index (χ4n) is 12.0. The molecule has 74 heavy (non-hydrogen) atoms. The number of hydrogen-bond acceptors (Lipinski definition) is 4. The van der Waals surface area contributed by atoms with Gasteiger partial charge >= 0.3 is 0 Å². The summed E-state index contributed by atoms with van der Waals surface area (Å²) < 4.78 is 9.37. The van der Waals surface area contributed by atoms with Crippen molar-refractivity contribution in [2.75, 3.05) is 10.2 Å². The SMILES string of the molecule is [CH2-]N(c1ccccc1Nc1[c-]c(Oc2[c-]c3c4c(c2)C2(c5ccccc5C(C)(C)c5ccccc52)c2cccc(c24)n3-c2cc(C(C)(C)C)ccn2)ccc1)c1c(-c2ccccc2)cccc1-c1ccccc1.[Pt]. The Labute approximate surface area is 448 Å². The molecule has 1 N–H and O–H groups in total. The van der Waals surface area contributed by atoms with Gasteiger partial charge in [-0.15, -0.1) is 35.9 Å². The Morgan fingerprint density at radius 3 is 1.81 bits per heavy atom. The van der Waals surface area contributed by atoms with Crippen LogP contribution in [0.5, 0.6) is 11.5 Å². The predicted molar refractivity (Wildman–Crippen MR) is 300 cm³/mol. The predicted octanol–water partition coefficient (Wildman–Crippen LogP) is 17.2. The molecule has 13 rings (SSSR count). The molecule has 0 aliphatic heterocycles. The fourth-order valence-corrected chi connectivity index (χ4v) is 12.0. The number of pyridine rings is 1. The summed E-state index contributed by atoms with van der Waals surface area (Å²) in [5, 5.41) is 6.11. The van der Waals surface area contributed by atoms with Gasteiger partial charge in [-0.2, -0.15) is 6.07 Å². The summed E-state index contributed by atoms with van der Waals surface area (Å²) in [5.41, 5.74) is 17.9. The van der Waals surface area contributed by atoms with Crippen molar-refractivity contribution >= 4 is 44.6 Å². The summed E-state index contributed by atoms with van der Waals surface area (Å²) in [5.74, 6) is 2.01. The third-order valence-corrected chi connectivity index (χ3v) is 15.4. The molecular weight excluding hydrogens is 1080 g/mol. The zero-order chi connectivity index (χ0) is 49.6. The molecule has 0 amide bonds. The number of rotatable bonds is 9. The minimum atomic E-state index is -0.617. The Morgan fingerprint density at radius 1 is 0.568 bits per heavy atom. The number of anilines is 4. The molecule has 0 atom stereocenters. The van der Waals surface area contributed by atoms with E-state index in [1.54, 1.807) is 0 Å². The molecule has 0 fully saturated rings. The van der Waals surface area contributed by atoms with Crippen LogP contribution in [0.15, 0.2) is 212 Å². The van der Waals surface area contributed by atoms with Crippen LogP contribution in [-0.4, -0.2) is 9.55 Å². The van der Waals surface area contributed by atoms with Crippen LogP contribution in [-0.2, 0) is 37.3 Å². The van der Waals surface area contributed by atoms with Gasteiger partial charge < -0.3 is 19.5 Å². The molecule has 0 saturated carbocycles. The van der Waals surface area contributed by atoms with E-state index in [1.807, 2.05) is 30.5 Å². The van der Waals surface area contributed by atoms with E-state index in [1.165, 1.54) is 49.7 Å². The molecule has 364 valence electrons. The van der Waals surface area contributed by atoms with Crippen molar-refractivity contribution in [1.29, 1.82) is 0 Å². The molecule has 0 unspecified atom stereocenters. The molecule has 1 spiro atoms. The Hall–Kier alpha value is -7.98. The van der Waals surface area contributed by atoms with E-state index < -0.39 is 5.41 Å². The molecule has 2 aromatic heterocycles. The zero-order valence-corrected chi connectivity index (χ0v) is 44.3. The summed E-state index contributed by atoms with van der Waals surface area (Å²) in [6, 6.07) is 80.8. The average Bonchev–Trinajstić information content (AvgIpc) is 3.94. The van der Waals surface area contributed by atoms with Gasteiger partial charge in [-0.25, -0.2) is 4.98 Å². The van der Waals surface area contributed by atoms with E-state index in [4.69, 9.17) is 16.8 Å². The summed E-state index contributed by atoms with van der Waals surface area (Å²) >= 11 is 0. The first-order valence-corrected chi connectivity index (χ1v) is 25.1. The van der Waals surface area contributed by atoms with Crippen LogP contribution in [0, 0.1) is 19.2 Å². The van der Waals surface area contributed by atoms with Gasteiger partial charge in [0.2, 0.25) is 0 Å². The zero-order valence-electron chi connectivity index (χ0n) is 42.0. The standard InChI is InChI=1S/C68H53N4O.Pt/c1-66(2,3)46-38-39-69-62(40-46)72-60-37-21-34-56-63(60)64-57(68(56)54-32-15-13-30-52(54)67(4,5)53-31-14-16-33-55(53)68)42-49(43-61(64)72)73-48-27-19-26-47(41-48)70-58-35-17-18-36-59(58)71(6)65-50(44-22-9-7-10-23-44)28-20-29-51(65)45-24-11-8-12-25-45;/h7-40,42,70H,6H2,1-5H3;/q-3;. The minimum absolute atomic E-state index is 0. The van der Waals surface area contributed by atoms with Crippen LogP contribution >= 0.6 is 0 Å². The Balaban J connectivity index is 0.00000556. The summed E-state index contributed by atoms with van der Waals surface area (Å²) in [6.07, 6.45) is 1.94. The molecule has 2 aliphatic rings. The molecule has 0 saturated heterocycles. The van der Waals surface area contributed by atoms with E-state index >= 15 is 0 Å². The quantitative estimate of drug-likeness (QED) is 0.146. The van der Waals surface area contributed by atoms with Crippen molar-refractivity contribution < 1.29 is 25.8 Å². The largest absolute Gasteiger partial charge is 0.509 e.